The summed E-state index contributed by atoms with van der Waals surface area (Å²) in [4.78, 5) is 28.5. The number of rotatable bonds is 5. The first-order valence-corrected chi connectivity index (χ1v) is 11.1. The molecule has 0 aliphatic carbocycles. The lowest BCUT2D eigenvalue weighted by Gasteiger charge is -2.19. The van der Waals surface area contributed by atoms with E-state index in [-0.39, 0.29) is 12.7 Å². The van der Waals surface area contributed by atoms with Gasteiger partial charge in [-0.1, -0.05) is 60.7 Å². The van der Waals surface area contributed by atoms with E-state index in [9.17, 15) is 4.79 Å². The summed E-state index contributed by atoms with van der Waals surface area (Å²) < 4.78 is 7.49. The second-order valence-corrected chi connectivity index (χ2v) is 8.05. The predicted octanol–water partition coefficient (Wildman–Crippen LogP) is 3.99. The number of carbonyl (C=O) groups excluding carboxylic acids is 1. The van der Waals surface area contributed by atoms with E-state index >= 15 is 0 Å². The Kier molecular flexibility index (Phi) is 6.10. The zero-order valence-corrected chi connectivity index (χ0v) is 18.3. The fraction of sp³-hybridized carbons (Fsp3) is 0.231. The van der Waals surface area contributed by atoms with Gasteiger partial charge in [-0.2, -0.15) is 0 Å². The molecule has 1 aliphatic heterocycles. The van der Waals surface area contributed by atoms with E-state index in [1.54, 1.807) is 17.4 Å². The Morgan fingerprint density at radius 1 is 0.909 bits per heavy atom. The van der Waals surface area contributed by atoms with Crippen LogP contribution in [0.25, 0.3) is 5.82 Å². The summed E-state index contributed by atoms with van der Waals surface area (Å²) in [5, 5.41) is 0. The van der Waals surface area contributed by atoms with Gasteiger partial charge in [0.05, 0.1) is 5.69 Å². The third-order valence-corrected chi connectivity index (χ3v) is 5.78. The highest BCUT2D eigenvalue weighted by Crippen LogP contribution is 2.22. The van der Waals surface area contributed by atoms with Gasteiger partial charge >= 0.3 is 6.09 Å². The first-order chi connectivity index (χ1) is 16.3. The third kappa shape index (κ3) is 4.92. The van der Waals surface area contributed by atoms with Crippen molar-refractivity contribution in [1.29, 1.82) is 0 Å². The van der Waals surface area contributed by atoms with Crippen LogP contribution in [0.1, 0.15) is 28.2 Å². The number of imidazole rings is 1. The molecule has 0 saturated carbocycles. The van der Waals surface area contributed by atoms with Crippen LogP contribution < -0.4 is 0 Å². The molecule has 0 unspecified atom stereocenters. The first kappa shape index (κ1) is 20.9. The van der Waals surface area contributed by atoms with Crippen molar-refractivity contribution in [3.8, 4) is 5.82 Å². The quantitative estimate of drug-likeness (QED) is 0.470. The zero-order valence-electron chi connectivity index (χ0n) is 18.3. The lowest BCUT2D eigenvalue weighted by atomic mass is 10.1. The minimum Gasteiger partial charge on any atom is -0.445 e. The topological polar surface area (TPSA) is 73.1 Å². The van der Waals surface area contributed by atoms with E-state index in [2.05, 4.69) is 17.1 Å². The van der Waals surface area contributed by atoms with Gasteiger partial charge in [0.25, 0.3) is 0 Å². The zero-order chi connectivity index (χ0) is 22.5. The van der Waals surface area contributed by atoms with E-state index in [0.717, 1.165) is 34.0 Å². The number of hydrogen-bond acceptors (Lipinski definition) is 5. The highest BCUT2D eigenvalue weighted by Gasteiger charge is 2.24. The highest BCUT2D eigenvalue weighted by molar-refractivity contribution is 5.68. The van der Waals surface area contributed by atoms with E-state index in [1.165, 1.54) is 0 Å². The molecule has 4 aromatic rings. The van der Waals surface area contributed by atoms with E-state index in [0.29, 0.717) is 32.4 Å². The third-order valence-electron chi connectivity index (χ3n) is 5.78. The maximum absolute atomic E-state index is 12.7. The van der Waals surface area contributed by atoms with Gasteiger partial charge in [-0.3, -0.25) is 4.57 Å². The van der Waals surface area contributed by atoms with Crippen LogP contribution in [-0.2, 0) is 30.6 Å². The van der Waals surface area contributed by atoms with Crippen LogP contribution in [0, 0.1) is 0 Å². The molecule has 3 heterocycles. The van der Waals surface area contributed by atoms with Gasteiger partial charge in [0.1, 0.15) is 24.6 Å². The van der Waals surface area contributed by atoms with Crippen molar-refractivity contribution in [2.75, 3.05) is 13.1 Å². The smallest absolute Gasteiger partial charge is 0.410 e. The van der Waals surface area contributed by atoms with Crippen LogP contribution in [0.3, 0.4) is 0 Å². The Hall–Kier alpha value is -4.00. The van der Waals surface area contributed by atoms with Crippen LogP contribution in [0.2, 0.25) is 0 Å². The molecule has 0 radical (unpaired) electrons. The minimum absolute atomic E-state index is 0.268. The summed E-state index contributed by atoms with van der Waals surface area (Å²) in [6.45, 7) is 1.39. The maximum atomic E-state index is 12.7. The van der Waals surface area contributed by atoms with Crippen molar-refractivity contribution >= 4 is 6.09 Å². The molecule has 5 rings (SSSR count). The molecule has 1 aliphatic rings. The summed E-state index contributed by atoms with van der Waals surface area (Å²) in [6, 6.07) is 19.9. The molecule has 0 fully saturated rings. The van der Waals surface area contributed by atoms with Crippen LogP contribution in [0.5, 0.6) is 0 Å². The Morgan fingerprint density at radius 3 is 2.36 bits per heavy atom. The van der Waals surface area contributed by atoms with Crippen LogP contribution in [0.15, 0.2) is 79.4 Å². The van der Waals surface area contributed by atoms with Crippen LogP contribution in [0.4, 0.5) is 4.79 Å². The van der Waals surface area contributed by atoms with Gasteiger partial charge in [0.15, 0.2) is 0 Å². The van der Waals surface area contributed by atoms with Crippen molar-refractivity contribution in [2.24, 2.45) is 0 Å². The molecule has 7 nitrogen and oxygen atoms in total. The molecule has 0 saturated heterocycles. The molecule has 0 atom stereocenters. The monoisotopic (exact) mass is 439 g/mol. The SMILES string of the molecule is O=C(OCc1ccccc1)N1CCc2nc(Cc3ccccc3)nc(-n3ccnc3)c2CC1. The number of carbonyl (C=O) groups is 1. The molecule has 1 amide bonds. The van der Waals surface area contributed by atoms with E-state index < -0.39 is 0 Å². The van der Waals surface area contributed by atoms with Crippen LogP contribution >= 0.6 is 0 Å². The average Bonchev–Trinajstić information content (AvgIpc) is 3.31. The lowest BCUT2D eigenvalue weighted by Crippen LogP contribution is -2.33. The molecule has 0 N–H and O–H groups in total. The van der Waals surface area contributed by atoms with Gasteiger partial charge in [0.2, 0.25) is 0 Å². The second-order valence-electron chi connectivity index (χ2n) is 8.05. The van der Waals surface area contributed by atoms with Crippen molar-refractivity contribution < 1.29 is 9.53 Å². The van der Waals surface area contributed by atoms with Crippen LogP contribution in [-0.4, -0.2) is 43.6 Å². The van der Waals surface area contributed by atoms with Gasteiger partial charge in [-0.15, -0.1) is 0 Å². The average molecular weight is 440 g/mol. The lowest BCUT2D eigenvalue weighted by molar-refractivity contribution is 0.0977. The Labute approximate surface area is 192 Å². The molecule has 2 aromatic heterocycles. The summed E-state index contributed by atoms with van der Waals surface area (Å²) in [6.07, 6.45) is 7.07. The predicted molar refractivity (Wildman–Crippen MR) is 124 cm³/mol. The normalized spacial score (nSPS) is 13.3. The molecule has 7 heteroatoms. The van der Waals surface area contributed by atoms with Gasteiger partial charge < -0.3 is 9.64 Å². The number of aromatic nitrogens is 4. The van der Waals surface area contributed by atoms with Crippen molar-refractivity contribution in [2.45, 2.75) is 25.9 Å². The van der Waals surface area contributed by atoms with Crippen molar-refractivity contribution in [3.63, 3.8) is 0 Å². The number of ether oxygens (including phenoxy) is 1. The second kappa shape index (κ2) is 9.65. The standard InChI is InChI=1S/C26H25N5O2/c32-26(33-18-21-9-5-2-6-10-21)30-14-11-22-23(12-15-30)28-24(17-20-7-3-1-4-8-20)29-25(22)31-16-13-27-19-31/h1-10,13,16,19H,11-12,14-15,17-18H2. The van der Waals surface area contributed by atoms with Gasteiger partial charge in [0, 0.05) is 43.9 Å². The maximum Gasteiger partial charge on any atom is 0.410 e. The first-order valence-electron chi connectivity index (χ1n) is 11.1. The van der Waals surface area contributed by atoms with Crippen molar-refractivity contribution in [3.05, 3.63) is 108 Å². The number of hydrogen-bond donors (Lipinski definition) is 0. The molecular formula is C26H25N5O2. The Balaban J connectivity index is 1.36. The fourth-order valence-electron chi connectivity index (χ4n) is 4.08. The van der Waals surface area contributed by atoms with Crippen molar-refractivity contribution in [1.82, 2.24) is 24.4 Å². The largest absolute Gasteiger partial charge is 0.445 e. The van der Waals surface area contributed by atoms with E-state index in [1.807, 2.05) is 59.3 Å². The Bertz CT molecular complexity index is 1210. The highest BCUT2D eigenvalue weighted by atomic mass is 16.6. The van der Waals surface area contributed by atoms with Gasteiger partial charge in [-0.05, 0) is 17.5 Å². The number of fused-ring (bicyclic) bond motifs is 1. The molecule has 0 bridgehead atoms. The fourth-order valence-corrected chi connectivity index (χ4v) is 4.08. The summed E-state index contributed by atoms with van der Waals surface area (Å²) >= 11 is 0. The van der Waals surface area contributed by atoms with Gasteiger partial charge in [-0.25, -0.2) is 19.7 Å². The Morgan fingerprint density at radius 2 is 1.64 bits per heavy atom. The summed E-state index contributed by atoms with van der Waals surface area (Å²) in [5.74, 6) is 1.60. The number of amides is 1. The van der Waals surface area contributed by atoms with E-state index in [4.69, 9.17) is 14.7 Å². The molecular weight excluding hydrogens is 414 g/mol. The molecule has 0 spiro atoms. The summed E-state index contributed by atoms with van der Waals surface area (Å²) in [7, 11) is 0. The molecule has 33 heavy (non-hydrogen) atoms. The number of benzene rings is 2. The molecule has 166 valence electrons. The number of nitrogens with zero attached hydrogens (tertiary/aromatic N) is 5. The minimum atomic E-state index is -0.298. The summed E-state index contributed by atoms with van der Waals surface area (Å²) in [5.41, 5.74) is 4.18. The molecule has 2 aromatic carbocycles.